The van der Waals surface area contributed by atoms with E-state index in [0.717, 1.165) is 17.1 Å². The Morgan fingerprint density at radius 3 is 2.56 bits per heavy atom. The maximum atomic E-state index is 13.5. The van der Waals surface area contributed by atoms with E-state index in [-0.39, 0.29) is 4.90 Å². The molecule has 1 unspecified atom stereocenters. The van der Waals surface area contributed by atoms with Crippen LogP contribution in [0.5, 0.6) is 0 Å². The van der Waals surface area contributed by atoms with E-state index in [0.29, 0.717) is 0 Å². The summed E-state index contributed by atoms with van der Waals surface area (Å²) in [6.07, 6.45) is 0. The van der Waals surface area contributed by atoms with Crippen molar-refractivity contribution in [3.8, 4) is 0 Å². The van der Waals surface area contributed by atoms with Gasteiger partial charge in [-0.2, -0.15) is 14.4 Å². The third-order valence-corrected chi connectivity index (χ3v) is 3.90. The first-order valence-electron chi connectivity index (χ1n) is 5.45. The molecule has 0 radical (unpaired) electrons. The van der Waals surface area contributed by atoms with Gasteiger partial charge >= 0.3 is 11.4 Å². The van der Waals surface area contributed by atoms with Crippen LogP contribution >= 0.6 is 0 Å². The van der Waals surface area contributed by atoms with Crippen LogP contribution in [0.1, 0.15) is 11.4 Å². The summed E-state index contributed by atoms with van der Waals surface area (Å²) in [5.74, 6) is -0.421. The summed E-state index contributed by atoms with van der Waals surface area (Å²) in [4.78, 5) is 0.250. The number of benzene rings is 1. The van der Waals surface area contributed by atoms with Gasteiger partial charge in [0.15, 0.2) is 5.82 Å². The summed E-state index contributed by atoms with van der Waals surface area (Å²) < 4.78 is 28.2. The third kappa shape index (κ3) is 2.34. The molecule has 0 saturated carbocycles. The molecule has 2 N–H and O–H groups in total. The van der Waals surface area contributed by atoms with E-state index in [4.69, 9.17) is 0 Å². The summed E-state index contributed by atoms with van der Waals surface area (Å²) >= 11 is -1.38. The van der Waals surface area contributed by atoms with Gasteiger partial charge in [-0.25, -0.2) is 4.39 Å². The highest BCUT2D eigenvalue weighted by molar-refractivity contribution is 7.92. The highest BCUT2D eigenvalue weighted by Gasteiger charge is 2.27. The summed E-state index contributed by atoms with van der Waals surface area (Å²) in [6.45, 7) is 3.73. The zero-order valence-corrected chi connectivity index (χ0v) is 11.3. The Labute approximate surface area is 108 Å². The Kier molecular flexibility index (Phi) is 3.58. The summed E-state index contributed by atoms with van der Waals surface area (Å²) in [7, 11) is 1.83. The normalized spacial score (nSPS) is 12.5. The molecule has 0 saturated heterocycles. The molecule has 0 aliphatic carbocycles. The van der Waals surface area contributed by atoms with Gasteiger partial charge in [0, 0.05) is 13.1 Å². The Morgan fingerprint density at radius 2 is 2.00 bits per heavy atom. The third-order valence-electron chi connectivity index (χ3n) is 2.75. The minimum absolute atomic E-state index is 0.250. The average molecular weight is 268 g/mol. The lowest BCUT2D eigenvalue weighted by Gasteiger charge is -2.03. The van der Waals surface area contributed by atoms with Crippen molar-refractivity contribution in [3.63, 3.8) is 0 Å². The molecule has 0 spiro atoms. The van der Waals surface area contributed by atoms with Crippen LogP contribution in [0.2, 0.25) is 0 Å². The highest BCUT2D eigenvalue weighted by atomic mass is 32.2. The molecule has 18 heavy (non-hydrogen) atoms. The van der Waals surface area contributed by atoms with Crippen molar-refractivity contribution in [2.75, 3.05) is 4.72 Å². The molecule has 0 bridgehead atoms. The Hall–Kier alpha value is -1.53. The molecule has 0 fully saturated rings. The van der Waals surface area contributed by atoms with Gasteiger partial charge in [-0.3, -0.25) is 4.68 Å². The molecule has 1 aromatic heterocycles. The molecular weight excluding hydrogens is 253 g/mol. The predicted molar refractivity (Wildman–Crippen MR) is 71.0 cm³/mol. The monoisotopic (exact) mass is 268 g/mol. The van der Waals surface area contributed by atoms with Crippen LogP contribution in [0.4, 0.5) is 10.1 Å². The van der Waals surface area contributed by atoms with Crippen molar-refractivity contribution in [2.45, 2.75) is 18.7 Å². The SMILES string of the molecule is Cc1nn(C)c(C)c1N[S+](O)c1ccccc1F. The highest BCUT2D eigenvalue weighted by Crippen LogP contribution is 2.23. The van der Waals surface area contributed by atoms with E-state index in [1.54, 1.807) is 22.9 Å². The first-order valence-corrected chi connectivity index (χ1v) is 6.63. The number of halogens is 1. The van der Waals surface area contributed by atoms with E-state index >= 15 is 0 Å². The fourth-order valence-corrected chi connectivity index (χ4v) is 2.73. The van der Waals surface area contributed by atoms with Crippen LogP contribution in [0.15, 0.2) is 29.2 Å². The average Bonchev–Trinajstić information content (AvgIpc) is 2.56. The second kappa shape index (κ2) is 4.99. The molecule has 1 aromatic carbocycles. The number of nitrogens with one attached hydrogen (secondary N) is 1. The van der Waals surface area contributed by atoms with Crippen molar-refractivity contribution in [2.24, 2.45) is 7.05 Å². The van der Waals surface area contributed by atoms with E-state index in [1.165, 1.54) is 6.07 Å². The van der Waals surface area contributed by atoms with E-state index < -0.39 is 17.2 Å². The van der Waals surface area contributed by atoms with Gasteiger partial charge in [0.2, 0.25) is 0 Å². The van der Waals surface area contributed by atoms with Crippen molar-refractivity contribution >= 4 is 17.0 Å². The van der Waals surface area contributed by atoms with E-state index in [9.17, 15) is 8.94 Å². The summed E-state index contributed by atoms with van der Waals surface area (Å²) in [5.41, 5.74) is 2.42. The fourth-order valence-electron chi connectivity index (χ4n) is 1.67. The first-order chi connectivity index (χ1) is 8.50. The van der Waals surface area contributed by atoms with E-state index in [1.807, 2.05) is 20.9 Å². The Balaban J connectivity index is 2.27. The van der Waals surface area contributed by atoms with Crippen LogP contribution in [-0.2, 0) is 18.4 Å². The molecule has 0 aliphatic heterocycles. The number of aryl methyl sites for hydroxylation is 2. The minimum atomic E-state index is -1.38. The van der Waals surface area contributed by atoms with E-state index in [2.05, 4.69) is 9.82 Å². The van der Waals surface area contributed by atoms with Crippen LogP contribution < -0.4 is 4.72 Å². The van der Waals surface area contributed by atoms with Gasteiger partial charge in [0.1, 0.15) is 5.69 Å². The first kappa shape index (κ1) is 12.9. The fraction of sp³-hybridized carbons (Fsp3) is 0.250. The van der Waals surface area contributed by atoms with Crippen molar-refractivity contribution in [3.05, 3.63) is 41.5 Å². The van der Waals surface area contributed by atoms with Crippen LogP contribution in [0.25, 0.3) is 0 Å². The lowest BCUT2D eigenvalue weighted by molar-refractivity contribution is 0.584. The smallest absolute Gasteiger partial charge is 0.270 e. The topological polar surface area (TPSA) is 50.1 Å². The van der Waals surface area contributed by atoms with Gasteiger partial charge in [-0.05, 0) is 19.9 Å². The Bertz CT molecular complexity index is 570. The largest absolute Gasteiger partial charge is 0.306 e. The van der Waals surface area contributed by atoms with Crippen LogP contribution in [0.3, 0.4) is 0 Å². The zero-order valence-electron chi connectivity index (χ0n) is 10.4. The molecule has 96 valence electrons. The summed E-state index contributed by atoms with van der Waals surface area (Å²) in [6, 6.07) is 6.18. The molecule has 1 heterocycles. The molecule has 6 heteroatoms. The second-order valence-corrected chi connectivity index (χ2v) is 5.20. The van der Waals surface area contributed by atoms with Crippen LogP contribution in [-0.4, -0.2) is 14.3 Å². The molecule has 2 rings (SSSR count). The molecule has 4 nitrogen and oxygen atoms in total. The molecule has 0 aliphatic rings. The number of nitrogens with zero attached hydrogens (tertiary/aromatic N) is 2. The van der Waals surface area contributed by atoms with Crippen LogP contribution in [0, 0.1) is 19.7 Å². The van der Waals surface area contributed by atoms with Crippen molar-refractivity contribution in [1.82, 2.24) is 9.78 Å². The standard InChI is InChI=1S/C12H15FN3OS/c1-8-12(9(2)16(3)14-8)15-18(17)11-7-5-4-6-10(11)13/h4-7,15,17H,1-3H3/q+1. The quantitative estimate of drug-likeness (QED) is 0.841. The Morgan fingerprint density at radius 1 is 1.33 bits per heavy atom. The van der Waals surface area contributed by atoms with Gasteiger partial charge in [-0.1, -0.05) is 12.1 Å². The van der Waals surface area contributed by atoms with Gasteiger partial charge in [0.25, 0.3) is 4.90 Å². The lowest BCUT2D eigenvalue weighted by atomic mass is 10.3. The number of anilines is 1. The maximum Gasteiger partial charge on any atom is 0.306 e. The van der Waals surface area contributed by atoms with Gasteiger partial charge in [-0.15, -0.1) is 0 Å². The van der Waals surface area contributed by atoms with Gasteiger partial charge < -0.3 is 0 Å². The van der Waals surface area contributed by atoms with Gasteiger partial charge in [0.05, 0.1) is 11.4 Å². The molecular formula is C12H15FN3OS+. The number of hydrogen-bond donors (Lipinski definition) is 2. The molecule has 1 atom stereocenters. The molecule has 0 amide bonds. The van der Waals surface area contributed by atoms with Crippen molar-refractivity contribution < 1.29 is 8.94 Å². The zero-order chi connectivity index (χ0) is 13.3. The number of hydrogen-bond acceptors (Lipinski definition) is 3. The van der Waals surface area contributed by atoms with Crippen molar-refractivity contribution in [1.29, 1.82) is 0 Å². The summed E-state index contributed by atoms with van der Waals surface area (Å²) in [5, 5.41) is 4.23. The predicted octanol–water partition coefficient (Wildman–Crippen LogP) is 2.65. The maximum absolute atomic E-state index is 13.5. The lowest BCUT2D eigenvalue weighted by Crippen LogP contribution is -2.15. The minimum Gasteiger partial charge on any atom is -0.270 e. The number of rotatable bonds is 3. The molecule has 2 aromatic rings. The second-order valence-electron chi connectivity index (χ2n) is 3.99. The number of aromatic nitrogens is 2.